The molecule has 2 atom stereocenters. The number of carbonyl (C=O) groups is 2. The molecule has 0 fully saturated rings. The molecule has 6 N–H and O–H groups in total. The fraction of sp³-hybridized carbons (Fsp3) is 0.211. The van der Waals surface area contributed by atoms with Gasteiger partial charge >= 0.3 is 5.97 Å². The SMILES string of the molecule is C[C@H](N[C@H](Cc1ccc(-c2cc(Cl)ccc2Cl)cc1)C(=O)NC1=NNNN1)C(=O)O. The maximum absolute atomic E-state index is 12.7. The second-order valence-corrected chi connectivity index (χ2v) is 7.46. The molecule has 0 bridgehead atoms. The molecular formula is C19H20Cl2N6O3. The van der Waals surface area contributed by atoms with E-state index in [0.29, 0.717) is 10.0 Å². The van der Waals surface area contributed by atoms with Gasteiger partial charge in [0.2, 0.25) is 11.9 Å². The van der Waals surface area contributed by atoms with Crippen LogP contribution >= 0.6 is 23.2 Å². The molecule has 1 heterocycles. The second kappa shape index (κ2) is 9.77. The van der Waals surface area contributed by atoms with Crippen LogP contribution < -0.4 is 27.1 Å². The molecular weight excluding hydrogens is 431 g/mol. The molecule has 11 heteroatoms. The average molecular weight is 451 g/mol. The van der Waals surface area contributed by atoms with Gasteiger partial charge in [0.15, 0.2) is 0 Å². The summed E-state index contributed by atoms with van der Waals surface area (Å²) >= 11 is 12.3. The lowest BCUT2D eigenvalue weighted by Crippen LogP contribution is -2.54. The molecule has 1 aliphatic heterocycles. The number of hydrogen-bond acceptors (Lipinski definition) is 7. The minimum absolute atomic E-state index is 0.181. The maximum Gasteiger partial charge on any atom is 0.320 e. The Morgan fingerprint density at radius 2 is 1.90 bits per heavy atom. The first-order valence-corrected chi connectivity index (χ1v) is 9.77. The summed E-state index contributed by atoms with van der Waals surface area (Å²) in [6, 6.07) is 11.0. The number of halogens is 2. The summed E-state index contributed by atoms with van der Waals surface area (Å²) in [5, 5.41) is 19.6. The minimum atomic E-state index is -1.06. The van der Waals surface area contributed by atoms with E-state index in [1.807, 2.05) is 24.3 Å². The van der Waals surface area contributed by atoms with Crippen LogP contribution in [0.25, 0.3) is 11.1 Å². The number of nitrogens with one attached hydrogen (secondary N) is 5. The minimum Gasteiger partial charge on any atom is -0.480 e. The first-order chi connectivity index (χ1) is 14.3. The highest BCUT2D eigenvalue weighted by Gasteiger charge is 2.25. The number of hydrogen-bond donors (Lipinski definition) is 6. The Kier molecular flexibility index (Phi) is 7.11. The number of benzene rings is 2. The highest BCUT2D eigenvalue weighted by atomic mass is 35.5. The molecule has 1 amide bonds. The summed E-state index contributed by atoms with van der Waals surface area (Å²) in [5.74, 6) is -1.30. The largest absolute Gasteiger partial charge is 0.480 e. The second-order valence-electron chi connectivity index (χ2n) is 6.62. The highest BCUT2D eigenvalue weighted by molar-refractivity contribution is 6.35. The molecule has 0 aromatic heterocycles. The van der Waals surface area contributed by atoms with E-state index in [2.05, 4.69) is 32.2 Å². The van der Waals surface area contributed by atoms with Crippen molar-refractivity contribution in [2.45, 2.75) is 25.4 Å². The normalized spacial score (nSPS) is 14.8. The molecule has 9 nitrogen and oxygen atoms in total. The van der Waals surface area contributed by atoms with E-state index in [-0.39, 0.29) is 12.4 Å². The number of carboxylic acid groups (broad SMARTS) is 1. The van der Waals surface area contributed by atoms with Crippen LogP contribution in [0.3, 0.4) is 0 Å². The van der Waals surface area contributed by atoms with Gasteiger partial charge in [-0.15, -0.1) is 10.6 Å². The van der Waals surface area contributed by atoms with Crippen LogP contribution in [0.2, 0.25) is 10.0 Å². The first-order valence-electron chi connectivity index (χ1n) is 9.01. The lowest BCUT2D eigenvalue weighted by molar-refractivity contribution is -0.139. The van der Waals surface area contributed by atoms with Crippen molar-refractivity contribution in [1.82, 2.24) is 27.1 Å². The summed E-state index contributed by atoms with van der Waals surface area (Å²) < 4.78 is 0. The van der Waals surface area contributed by atoms with Gasteiger partial charge < -0.3 is 5.11 Å². The molecule has 158 valence electrons. The Labute approximate surface area is 182 Å². The van der Waals surface area contributed by atoms with Crippen molar-refractivity contribution in [2.75, 3.05) is 0 Å². The molecule has 2 aromatic rings. The van der Waals surface area contributed by atoms with Crippen LogP contribution in [-0.2, 0) is 16.0 Å². The van der Waals surface area contributed by atoms with E-state index < -0.39 is 24.0 Å². The zero-order valence-electron chi connectivity index (χ0n) is 15.9. The van der Waals surface area contributed by atoms with Gasteiger partial charge in [0.25, 0.3) is 0 Å². The monoisotopic (exact) mass is 450 g/mol. The van der Waals surface area contributed by atoms with Gasteiger partial charge in [0.1, 0.15) is 6.04 Å². The van der Waals surface area contributed by atoms with Gasteiger partial charge in [0.05, 0.1) is 6.04 Å². The van der Waals surface area contributed by atoms with Gasteiger partial charge in [-0.3, -0.25) is 25.6 Å². The van der Waals surface area contributed by atoms with Gasteiger partial charge in [-0.2, -0.15) is 0 Å². The molecule has 30 heavy (non-hydrogen) atoms. The molecule has 0 spiro atoms. The number of carbonyl (C=O) groups excluding carboxylic acids is 1. The number of nitrogens with zero attached hydrogens (tertiary/aromatic N) is 1. The number of aliphatic carboxylic acids is 1. The molecule has 1 aliphatic rings. The van der Waals surface area contributed by atoms with Gasteiger partial charge in [0, 0.05) is 15.6 Å². The molecule has 0 aliphatic carbocycles. The Balaban J connectivity index is 1.76. The molecule has 0 saturated heterocycles. The van der Waals surface area contributed by atoms with E-state index in [1.165, 1.54) is 6.92 Å². The van der Waals surface area contributed by atoms with Crippen LogP contribution in [0, 0.1) is 0 Å². The number of hydrazone groups is 1. The van der Waals surface area contributed by atoms with Crippen molar-refractivity contribution >= 4 is 41.0 Å². The third-order valence-corrected chi connectivity index (χ3v) is 4.98. The van der Waals surface area contributed by atoms with Gasteiger partial charge in [-0.25, -0.2) is 5.53 Å². The van der Waals surface area contributed by atoms with Crippen molar-refractivity contribution in [3.63, 3.8) is 0 Å². The van der Waals surface area contributed by atoms with Gasteiger partial charge in [-0.05, 0) is 42.7 Å². The smallest absolute Gasteiger partial charge is 0.320 e. The van der Waals surface area contributed by atoms with Crippen LogP contribution in [0.5, 0.6) is 0 Å². The zero-order valence-corrected chi connectivity index (χ0v) is 17.4. The Hall–Kier alpha value is -2.85. The van der Waals surface area contributed by atoms with E-state index >= 15 is 0 Å². The topological polar surface area (TPSA) is 127 Å². The maximum atomic E-state index is 12.7. The summed E-state index contributed by atoms with van der Waals surface area (Å²) in [6.45, 7) is 1.47. The van der Waals surface area contributed by atoms with E-state index in [9.17, 15) is 14.7 Å². The first kappa shape index (κ1) is 21.8. The molecule has 0 saturated carbocycles. The quantitative estimate of drug-likeness (QED) is 0.378. The van der Waals surface area contributed by atoms with Gasteiger partial charge in [-0.1, -0.05) is 47.5 Å². The van der Waals surface area contributed by atoms with Crippen LogP contribution in [0.1, 0.15) is 12.5 Å². The number of guanidine groups is 1. The van der Waals surface area contributed by atoms with Crippen LogP contribution in [0.4, 0.5) is 0 Å². The van der Waals surface area contributed by atoms with Crippen LogP contribution in [-0.4, -0.2) is 35.0 Å². The third-order valence-electron chi connectivity index (χ3n) is 4.42. The highest BCUT2D eigenvalue weighted by Crippen LogP contribution is 2.30. The molecule has 0 unspecified atom stereocenters. The predicted molar refractivity (Wildman–Crippen MR) is 115 cm³/mol. The van der Waals surface area contributed by atoms with E-state index in [0.717, 1.165) is 16.7 Å². The Morgan fingerprint density at radius 1 is 1.17 bits per heavy atom. The molecule has 2 aromatic carbocycles. The predicted octanol–water partition coefficient (Wildman–Crippen LogP) is 1.63. The number of rotatable bonds is 7. The Morgan fingerprint density at radius 3 is 2.53 bits per heavy atom. The average Bonchev–Trinajstić information content (AvgIpc) is 3.22. The third kappa shape index (κ3) is 5.61. The van der Waals surface area contributed by atoms with Crippen LogP contribution in [0.15, 0.2) is 47.6 Å². The number of carboxylic acids is 1. The number of hydrazine groups is 2. The fourth-order valence-corrected chi connectivity index (χ4v) is 3.24. The lowest BCUT2D eigenvalue weighted by atomic mass is 10.00. The number of amides is 1. The summed E-state index contributed by atoms with van der Waals surface area (Å²) in [5.41, 5.74) is 10.1. The van der Waals surface area contributed by atoms with Crippen molar-refractivity contribution in [3.05, 3.63) is 58.1 Å². The van der Waals surface area contributed by atoms with Crippen molar-refractivity contribution < 1.29 is 14.7 Å². The van der Waals surface area contributed by atoms with Crippen molar-refractivity contribution in [3.8, 4) is 11.1 Å². The summed E-state index contributed by atoms with van der Waals surface area (Å²) in [7, 11) is 0. The zero-order chi connectivity index (χ0) is 21.7. The molecule has 0 radical (unpaired) electrons. The summed E-state index contributed by atoms with van der Waals surface area (Å²) in [6.07, 6.45) is 0.265. The fourth-order valence-electron chi connectivity index (χ4n) is 2.84. The lowest BCUT2D eigenvalue weighted by Gasteiger charge is -2.21. The van der Waals surface area contributed by atoms with Crippen molar-refractivity contribution in [1.29, 1.82) is 0 Å². The Bertz CT molecular complexity index is 967. The van der Waals surface area contributed by atoms with Crippen molar-refractivity contribution in [2.24, 2.45) is 5.10 Å². The molecule has 3 rings (SSSR count). The standard InChI is InChI=1S/C19H20Cl2N6O3/c1-10(18(29)30)22-16(17(28)23-19-24-26-27-25-19)8-11-2-4-12(5-3-11)14-9-13(20)6-7-15(14)21/h2-7,9-10,16,22,26-27H,8H2,1H3,(H,29,30)(H2,23,24,25,28)/t10-,16+/m0/s1. The van der Waals surface area contributed by atoms with E-state index in [1.54, 1.807) is 18.2 Å². The summed E-state index contributed by atoms with van der Waals surface area (Å²) in [4.78, 5) is 23.9. The van der Waals surface area contributed by atoms with E-state index in [4.69, 9.17) is 23.2 Å².